The molecule has 2 rings (SSSR count). The Balaban J connectivity index is 2.27. The zero-order chi connectivity index (χ0) is 13.3. The summed E-state index contributed by atoms with van der Waals surface area (Å²) in [7, 11) is 0. The minimum absolute atomic E-state index is 0.299. The van der Waals surface area contributed by atoms with Crippen molar-refractivity contribution in [1.29, 1.82) is 0 Å². The van der Waals surface area contributed by atoms with Gasteiger partial charge in [-0.1, -0.05) is 0 Å². The molecule has 0 aliphatic rings. The molecule has 0 radical (unpaired) electrons. The lowest BCUT2D eigenvalue weighted by Gasteiger charge is -2.15. The number of aromatic nitrogens is 1. The number of aryl methyl sites for hydroxylation is 1. The summed E-state index contributed by atoms with van der Waals surface area (Å²) in [6.07, 6.45) is 0. The Morgan fingerprint density at radius 2 is 1.83 bits per heavy atom. The number of rotatable bonds is 3. The SMILES string of the molecule is Cc1ncsc1C(C)Nc1c(F)cc(F)cc1F. The molecule has 0 bridgehead atoms. The summed E-state index contributed by atoms with van der Waals surface area (Å²) in [4.78, 5) is 4.96. The van der Waals surface area contributed by atoms with Crippen molar-refractivity contribution in [3.63, 3.8) is 0 Å². The number of halogens is 3. The largest absolute Gasteiger partial charge is 0.373 e. The second-order valence-electron chi connectivity index (χ2n) is 3.91. The molecule has 1 unspecified atom stereocenters. The molecule has 1 aromatic carbocycles. The van der Waals surface area contributed by atoms with Crippen LogP contribution >= 0.6 is 11.3 Å². The van der Waals surface area contributed by atoms with Gasteiger partial charge in [0.25, 0.3) is 0 Å². The number of benzene rings is 1. The Bertz CT molecular complexity index is 545. The molecule has 0 aliphatic carbocycles. The van der Waals surface area contributed by atoms with Crippen molar-refractivity contribution in [2.24, 2.45) is 0 Å². The molecule has 96 valence electrons. The number of thiazole rings is 1. The van der Waals surface area contributed by atoms with Crippen molar-refractivity contribution in [3.05, 3.63) is 45.7 Å². The third kappa shape index (κ3) is 2.48. The van der Waals surface area contributed by atoms with Crippen LogP contribution in [0.2, 0.25) is 0 Å². The smallest absolute Gasteiger partial charge is 0.152 e. The minimum atomic E-state index is -0.943. The maximum atomic E-state index is 13.5. The maximum absolute atomic E-state index is 13.5. The molecule has 0 saturated carbocycles. The first-order chi connectivity index (χ1) is 8.49. The normalized spacial score (nSPS) is 12.5. The van der Waals surface area contributed by atoms with Gasteiger partial charge in [-0.25, -0.2) is 18.2 Å². The fraction of sp³-hybridized carbons (Fsp3) is 0.250. The van der Waals surface area contributed by atoms with Gasteiger partial charge in [-0.2, -0.15) is 0 Å². The highest BCUT2D eigenvalue weighted by Crippen LogP contribution is 2.28. The van der Waals surface area contributed by atoms with Gasteiger partial charge >= 0.3 is 0 Å². The van der Waals surface area contributed by atoms with E-state index in [9.17, 15) is 13.2 Å². The zero-order valence-corrected chi connectivity index (χ0v) is 10.6. The van der Waals surface area contributed by atoms with E-state index in [0.29, 0.717) is 12.1 Å². The minimum Gasteiger partial charge on any atom is -0.373 e. The predicted octanol–water partition coefficient (Wildman–Crippen LogP) is 4.04. The van der Waals surface area contributed by atoms with Gasteiger partial charge in [-0.05, 0) is 13.8 Å². The Hall–Kier alpha value is -1.56. The summed E-state index contributed by atoms with van der Waals surface area (Å²) in [5.41, 5.74) is 2.15. The lowest BCUT2D eigenvalue weighted by Crippen LogP contribution is -2.09. The second kappa shape index (κ2) is 4.97. The molecule has 1 heterocycles. The molecule has 1 N–H and O–H groups in total. The van der Waals surface area contributed by atoms with Crippen molar-refractivity contribution in [3.8, 4) is 0 Å². The highest BCUT2D eigenvalue weighted by atomic mass is 32.1. The molecule has 0 saturated heterocycles. The van der Waals surface area contributed by atoms with Gasteiger partial charge in [-0.3, -0.25) is 0 Å². The van der Waals surface area contributed by atoms with Gasteiger partial charge in [0.2, 0.25) is 0 Å². The lowest BCUT2D eigenvalue weighted by molar-refractivity contribution is 0.545. The van der Waals surface area contributed by atoms with E-state index in [2.05, 4.69) is 10.3 Å². The number of anilines is 1. The molecule has 18 heavy (non-hydrogen) atoms. The molecule has 1 atom stereocenters. The molecular weight excluding hydrogens is 261 g/mol. The van der Waals surface area contributed by atoms with Crippen LogP contribution in [-0.4, -0.2) is 4.98 Å². The first-order valence-electron chi connectivity index (χ1n) is 5.30. The first-order valence-corrected chi connectivity index (χ1v) is 6.18. The van der Waals surface area contributed by atoms with E-state index in [1.54, 1.807) is 12.4 Å². The monoisotopic (exact) mass is 272 g/mol. The Morgan fingerprint density at radius 1 is 1.22 bits per heavy atom. The van der Waals surface area contributed by atoms with Crippen molar-refractivity contribution in [1.82, 2.24) is 4.98 Å². The van der Waals surface area contributed by atoms with E-state index >= 15 is 0 Å². The predicted molar refractivity (Wildman–Crippen MR) is 65.2 cm³/mol. The summed E-state index contributed by atoms with van der Waals surface area (Å²) in [6.45, 7) is 3.59. The van der Waals surface area contributed by atoms with Crippen LogP contribution in [0.4, 0.5) is 18.9 Å². The van der Waals surface area contributed by atoms with Crippen LogP contribution in [-0.2, 0) is 0 Å². The van der Waals surface area contributed by atoms with E-state index in [1.807, 2.05) is 6.92 Å². The Morgan fingerprint density at radius 3 is 2.33 bits per heavy atom. The van der Waals surface area contributed by atoms with Gasteiger partial charge in [0.1, 0.15) is 11.5 Å². The third-order valence-corrected chi connectivity index (χ3v) is 3.66. The number of hydrogen-bond acceptors (Lipinski definition) is 3. The maximum Gasteiger partial charge on any atom is 0.152 e. The highest BCUT2D eigenvalue weighted by Gasteiger charge is 2.16. The summed E-state index contributed by atoms with van der Waals surface area (Å²) in [5.74, 6) is -2.82. The first kappa shape index (κ1) is 12.9. The summed E-state index contributed by atoms with van der Waals surface area (Å²) >= 11 is 1.40. The van der Waals surface area contributed by atoms with Gasteiger partial charge in [0, 0.05) is 17.0 Å². The van der Waals surface area contributed by atoms with E-state index in [-0.39, 0.29) is 11.7 Å². The molecule has 0 amide bonds. The number of nitrogens with one attached hydrogen (secondary N) is 1. The van der Waals surface area contributed by atoms with Crippen molar-refractivity contribution in [2.45, 2.75) is 19.9 Å². The summed E-state index contributed by atoms with van der Waals surface area (Å²) < 4.78 is 39.7. The molecule has 1 aromatic heterocycles. The van der Waals surface area contributed by atoms with Crippen LogP contribution in [0.5, 0.6) is 0 Å². The van der Waals surface area contributed by atoms with Crippen LogP contribution in [0.25, 0.3) is 0 Å². The topological polar surface area (TPSA) is 24.9 Å². The standard InChI is InChI=1S/C12H11F3N2S/c1-6-12(18-5-16-6)7(2)17-11-9(14)3-8(13)4-10(11)15/h3-5,7,17H,1-2H3. The van der Waals surface area contributed by atoms with E-state index < -0.39 is 17.5 Å². The van der Waals surface area contributed by atoms with Crippen LogP contribution < -0.4 is 5.32 Å². The van der Waals surface area contributed by atoms with E-state index in [4.69, 9.17) is 0 Å². The average molecular weight is 272 g/mol. The van der Waals surface area contributed by atoms with Crippen LogP contribution in [0, 0.1) is 24.4 Å². The molecule has 0 spiro atoms. The lowest BCUT2D eigenvalue weighted by atomic mass is 10.2. The molecule has 0 aliphatic heterocycles. The fourth-order valence-corrected chi connectivity index (χ4v) is 2.50. The molecular formula is C12H11F3N2S. The molecule has 2 nitrogen and oxygen atoms in total. The number of hydrogen-bond donors (Lipinski definition) is 1. The van der Waals surface area contributed by atoms with Crippen molar-refractivity contribution >= 4 is 17.0 Å². The zero-order valence-electron chi connectivity index (χ0n) is 9.80. The van der Waals surface area contributed by atoms with Crippen LogP contribution in [0.15, 0.2) is 17.6 Å². The van der Waals surface area contributed by atoms with Gasteiger partial charge in [0.05, 0.1) is 17.2 Å². The second-order valence-corrected chi connectivity index (χ2v) is 4.80. The van der Waals surface area contributed by atoms with Crippen molar-refractivity contribution in [2.75, 3.05) is 5.32 Å². The van der Waals surface area contributed by atoms with E-state index in [0.717, 1.165) is 10.6 Å². The van der Waals surface area contributed by atoms with Gasteiger partial charge in [0.15, 0.2) is 11.6 Å². The van der Waals surface area contributed by atoms with Crippen molar-refractivity contribution < 1.29 is 13.2 Å². The average Bonchev–Trinajstić information content (AvgIpc) is 2.69. The van der Waals surface area contributed by atoms with E-state index in [1.165, 1.54) is 11.3 Å². The fourth-order valence-electron chi connectivity index (χ4n) is 1.69. The summed E-state index contributed by atoms with van der Waals surface area (Å²) in [6, 6.07) is 1.00. The van der Waals surface area contributed by atoms with Crippen LogP contribution in [0.1, 0.15) is 23.5 Å². The highest BCUT2D eigenvalue weighted by molar-refractivity contribution is 7.09. The summed E-state index contributed by atoms with van der Waals surface area (Å²) in [5, 5.41) is 2.70. The van der Waals surface area contributed by atoms with Gasteiger partial charge < -0.3 is 5.32 Å². The Kier molecular flexibility index (Phi) is 3.56. The third-order valence-electron chi connectivity index (χ3n) is 2.54. The quantitative estimate of drug-likeness (QED) is 0.912. The number of nitrogens with zero attached hydrogens (tertiary/aromatic N) is 1. The molecule has 6 heteroatoms. The Labute approximate surface area is 106 Å². The molecule has 2 aromatic rings. The van der Waals surface area contributed by atoms with Crippen LogP contribution in [0.3, 0.4) is 0 Å². The van der Waals surface area contributed by atoms with Gasteiger partial charge in [-0.15, -0.1) is 11.3 Å². The molecule has 0 fully saturated rings.